The van der Waals surface area contributed by atoms with Crippen molar-refractivity contribution in [2.24, 2.45) is 11.7 Å². The van der Waals surface area contributed by atoms with Crippen LogP contribution in [0.4, 0.5) is 5.82 Å². The van der Waals surface area contributed by atoms with Crippen LogP contribution in [0.25, 0.3) is 0 Å². The van der Waals surface area contributed by atoms with Crippen LogP contribution in [0.3, 0.4) is 0 Å². The minimum absolute atomic E-state index is 0.00339. The van der Waals surface area contributed by atoms with Crippen LogP contribution in [-0.2, 0) is 16.8 Å². The van der Waals surface area contributed by atoms with Crippen LogP contribution in [0.1, 0.15) is 56.0 Å². The largest absolute Gasteiger partial charge is 0.384 e. The van der Waals surface area contributed by atoms with Gasteiger partial charge in [-0.05, 0) is 30.7 Å². The second kappa shape index (κ2) is 8.00. The first-order chi connectivity index (χ1) is 14.7. The Kier molecular flexibility index (Phi) is 5.51. The molecule has 2 heterocycles. The topological polar surface area (TPSA) is 126 Å². The number of nitrogens with zero attached hydrogens (tertiary/aromatic N) is 2. The summed E-state index contributed by atoms with van der Waals surface area (Å²) < 4.78 is 1.51. The number of aromatic nitrogens is 2. The highest BCUT2D eigenvalue weighted by molar-refractivity contribution is 6.30. The van der Waals surface area contributed by atoms with E-state index in [1.165, 1.54) is 4.57 Å². The summed E-state index contributed by atoms with van der Waals surface area (Å²) in [6.07, 6.45) is 2.77. The van der Waals surface area contributed by atoms with Gasteiger partial charge in [-0.15, -0.1) is 0 Å². The molecule has 0 saturated heterocycles. The molecule has 164 valence electrons. The van der Waals surface area contributed by atoms with Crippen molar-refractivity contribution >= 4 is 29.2 Å². The molecule has 1 aromatic carbocycles. The Labute approximate surface area is 185 Å². The summed E-state index contributed by atoms with van der Waals surface area (Å²) in [6, 6.07) is 6.46. The number of carbonyl (C=O) groups excluding carboxylic acids is 1. The maximum absolute atomic E-state index is 13.2. The van der Waals surface area contributed by atoms with E-state index in [1.54, 1.807) is 12.1 Å². The van der Waals surface area contributed by atoms with Gasteiger partial charge in [0.2, 0.25) is 5.91 Å². The molecule has 8 nitrogen and oxygen atoms in total. The lowest BCUT2D eigenvalue weighted by Crippen LogP contribution is -2.36. The summed E-state index contributed by atoms with van der Waals surface area (Å²) in [5.74, 6) is 0.537. The third-order valence-corrected chi connectivity index (χ3v) is 6.28. The molecule has 1 fully saturated rings. The summed E-state index contributed by atoms with van der Waals surface area (Å²) in [7, 11) is 0. The van der Waals surface area contributed by atoms with Gasteiger partial charge in [-0.1, -0.05) is 49.7 Å². The molecule has 1 aliphatic carbocycles. The van der Waals surface area contributed by atoms with E-state index in [4.69, 9.17) is 22.7 Å². The van der Waals surface area contributed by atoms with Gasteiger partial charge in [-0.2, -0.15) is 0 Å². The summed E-state index contributed by atoms with van der Waals surface area (Å²) in [6.45, 7) is 4.94. The highest BCUT2D eigenvalue weighted by Gasteiger charge is 2.44. The Bertz CT molecular complexity index is 1090. The smallest absolute Gasteiger partial charge is 0.294 e. The van der Waals surface area contributed by atoms with Gasteiger partial charge in [0, 0.05) is 24.1 Å². The minimum Gasteiger partial charge on any atom is -0.384 e. The summed E-state index contributed by atoms with van der Waals surface area (Å²) in [4.78, 5) is 30.6. The molecular weight excluding hydrogens is 416 g/mol. The molecule has 1 aliphatic heterocycles. The average molecular weight is 443 g/mol. The second-order valence-corrected chi connectivity index (χ2v) is 9.39. The number of nitrogens with one attached hydrogen (secondary N) is 3. The maximum atomic E-state index is 13.2. The molecule has 1 saturated carbocycles. The van der Waals surface area contributed by atoms with Crippen molar-refractivity contribution in [2.45, 2.75) is 51.1 Å². The molecule has 5 N–H and O–H groups in total. The number of carbonyl (C=O) groups is 1. The lowest BCUT2D eigenvalue weighted by Gasteiger charge is -2.19. The number of halogens is 1. The van der Waals surface area contributed by atoms with Gasteiger partial charge in [0.25, 0.3) is 5.56 Å². The molecule has 1 aromatic heterocycles. The zero-order valence-electron chi connectivity index (χ0n) is 17.7. The lowest BCUT2D eigenvalue weighted by atomic mass is 9.87. The zero-order valence-corrected chi connectivity index (χ0v) is 18.4. The number of hydrogen-bond acceptors (Lipinski definition) is 5. The Morgan fingerprint density at radius 1 is 1.32 bits per heavy atom. The molecule has 9 heteroatoms. The number of rotatable bonds is 7. The van der Waals surface area contributed by atoms with Crippen molar-refractivity contribution < 1.29 is 4.79 Å². The van der Waals surface area contributed by atoms with Gasteiger partial charge in [0.05, 0.1) is 5.69 Å². The fraction of sp³-hybridized carbons (Fsp3) is 0.455. The fourth-order valence-electron chi connectivity index (χ4n) is 4.09. The number of amidine groups is 1. The van der Waals surface area contributed by atoms with Gasteiger partial charge in [-0.25, -0.2) is 4.98 Å². The molecule has 0 radical (unpaired) electrons. The van der Waals surface area contributed by atoms with Crippen molar-refractivity contribution in [3.63, 3.8) is 0 Å². The normalized spacial score (nSPS) is 19.0. The van der Waals surface area contributed by atoms with E-state index in [9.17, 15) is 9.59 Å². The van der Waals surface area contributed by atoms with Gasteiger partial charge < -0.3 is 16.4 Å². The van der Waals surface area contributed by atoms with E-state index in [1.807, 2.05) is 26.0 Å². The van der Waals surface area contributed by atoms with Crippen LogP contribution < -0.4 is 21.9 Å². The number of fused-ring (bicyclic) bond motifs is 1. The molecular formula is C22H27ClN6O2. The molecule has 2 aromatic rings. The van der Waals surface area contributed by atoms with Crippen molar-refractivity contribution in [1.29, 1.82) is 5.41 Å². The van der Waals surface area contributed by atoms with E-state index >= 15 is 0 Å². The highest BCUT2D eigenvalue weighted by Crippen LogP contribution is 2.43. The number of nitrogens with two attached hydrogens (primary N) is 1. The predicted molar refractivity (Wildman–Crippen MR) is 121 cm³/mol. The quantitative estimate of drug-likeness (QED) is 0.387. The van der Waals surface area contributed by atoms with Crippen molar-refractivity contribution in [2.75, 3.05) is 11.9 Å². The first-order valence-electron chi connectivity index (χ1n) is 10.4. The predicted octanol–water partition coefficient (Wildman–Crippen LogP) is 2.54. The first kappa shape index (κ1) is 21.4. The number of nitrogen functional groups attached to an aromatic ring is 1. The van der Waals surface area contributed by atoms with Crippen LogP contribution in [0.2, 0.25) is 5.15 Å². The van der Waals surface area contributed by atoms with Crippen LogP contribution in [0.15, 0.2) is 29.1 Å². The molecule has 1 amide bonds. The molecule has 2 aliphatic rings. The number of amides is 1. The summed E-state index contributed by atoms with van der Waals surface area (Å²) >= 11 is 6.48. The van der Waals surface area contributed by atoms with Crippen molar-refractivity contribution in [3.05, 3.63) is 56.6 Å². The van der Waals surface area contributed by atoms with E-state index in [-0.39, 0.29) is 28.3 Å². The van der Waals surface area contributed by atoms with Crippen LogP contribution in [0.5, 0.6) is 0 Å². The van der Waals surface area contributed by atoms with E-state index in [0.717, 1.165) is 18.4 Å². The van der Waals surface area contributed by atoms with Crippen LogP contribution in [0, 0.1) is 11.3 Å². The Morgan fingerprint density at radius 3 is 2.61 bits per heavy atom. The monoisotopic (exact) mass is 442 g/mol. The number of hydrogen-bond donors (Lipinski definition) is 4. The Balaban J connectivity index is 1.56. The van der Waals surface area contributed by atoms with Gasteiger partial charge in [0.15, 0.2) is 11.0 Å². The summed E-state index contributed by atoms with van der Waals surface area (Å²) in [5.41, 5.74) is 6.82. The van der Waals surface area contributed by atoms with Gasteiger partial charge >= 0.3 is 0 Å². The highest BCUT2D eigenvalue weighted by atomic mass is 35.5. The maximum Gasteiger partial charge on any atom is 0.294 e. The third-order valence-electron chi connectivity index (χ3n) is 6.01. The first-order valence-corrected chi connectivity index (χ1v) is 10.8. The standard InChI is InChI=1S/C22H27ClN6O2/c1-22(2)9-15(20(30)27-11-13-5-7-14(8-6-13)18(24)25)29-16(22)17(23)28-19(21(29)31)26-10-12-3-4-12/h5-8,12,15H,3-4,9-11H2,1-2H3,(H3,24,25)(H,26,28)(H,27,30)/t15-/m0/s1. The fourth-order valence-corrected chi connectivity index (χ4v) is 4.52. The van der Waals surface area contributed by atoms with Crippen LogP contribution >= 0.6 is 11.6 Å². The SMILES string of the molecule is CC1(C)C[C@@H](C(=O)NCc2ccc(C(=N)N)cc2)n2c1c(Cl)nc(NCC1CC1)c2=O. The van der Waals surface area contributed by atoms with E-state index in [0.29, 0.717) is 36.7 Å². The van der Waals surface area contributed by atoms with E-state index in [2.05, 4.69) is 15.6 Å². The average Bonchev–Trinajstić information content (AvgIpc) is 3.50. The van der Waals surface area contributed by atoms with E-state index < -0.39 is 11.5 Å². The molecule has 31 heavy (non-hydrogen) atoms. The summed E-state index contributed by atoms with van der Waals surface area (Å²) in [5, 5.41) is 13.8. The molecule has 4 rings (SSSR count). The second-order valence-electron chi connectivity index (χ2n) is 9.03. The molecule has 0 bridgehead atoms. The molecule has 0 spiro atoms. The Hall–Kier alpha value is -2.87. The zero-order chi connectivity index (χ0) is 22.3. The lowest BCUT2D eigenvalue weighted by molar-refractivity contribution is -0.124. The van der Waals surface area contributed by atoms with Gasteiger partial charge in [-0.3, -0.25) is 19.6 Å². The third kappa shape index (κ3) is 4.30. The van der Waals surface area contributed by atoms with Crippen molar-refractivity contribution in [3.8, 4) is 0 Å². The molecule has 1 atom stereocenters. The van der Waals surface area contributed by atoms with Crippen molar-refractivity contribution in [1.82, 2.24) is 14.9 Å². The number of benzene rings is 1. The molecule has 0 unspecified atom stereocenters. The van der Waals surface area contributed by atoms with Gasteiger partial charge in [0.1, 0.15) is 11.9 Å². The van der Waals surface area contributed by atoms with Crippen LogP contribution in [-0.4, -0.2) is 27.8 Å². The Morgan fingerprint density at radius 2 is 2.00 bits per heavy atom. The number of anilines is 1. The minimum atomic E-state index is -0.657.